The summed E-state index contributed by atoms with van der Waals surface area (Å²) in [5.41, 5.74) is 0.731. The molecular weight excluding hydrogens is 252 g/mol. The van der Waals surface area contributed by atoms with Crippen LogP contribution in [0.4, 0.5) is 0 Å². The molecule has 0 amide bonds. The van der Waals surface area contributed by atoms with Crippen molar-refractivity contribution in [3.63, 3.8) is 0 Å². The Kier molecular flexibility index (Phi) is 4.51. The molecule has 0 bridgehead atoms. The van der Waals surface area contributed by atoms with Crippen molar-refractivity contribution < 1.29 is 9.53 Å². The quantitative estimate of drug-likeness (QED) is 0.763. The highest BCUT2D eigenvalue weighted by molar-refractivity contribution is 6.74. The van der Waals surface area contributed by atoms with E-state index in [2.05, 4.69) is 47.4 Å². The molecule has 0 aliphatic rings. The second kappa shape index (κ2) is 5.41. The number of benzene rings is 1. The van der Waals surface area contributed by atoms with Gasteiger partial charge >= 0.3 is 0 Å². The van der Waals surface area contributed by atoms with Crippen LogP contribution in [0.15, 0.2) is 24.8 Å². The first kappa shape index (κ1) is 15.8. The molecule has 0 fully saturated rings. The van der Waals surface area contributed by atoms with Crippen LogP contribution in [0.3, 0.4) is 0 Å². The van der Waals surface area contributed by atoms with E-state index in [1.165, 1.54) is 0 Å². The van der Waals surface area contributed by atoms with E-state index in [0.717, 1.165) is 11.3 Å². The average Bonchev–Trinajstić information content (AvgIpc) is 2.28. The predicted octanol–water partition coefficient (Wildman–Crippen LogP) is 5.06. The summed E-state index contributed by atoms with van der Waals surface area (Å²) in [5.74, 6) is 1.52. The van der Waals surface area contributed by atoms with E-state index >= 15 is 0 Å². The molecular formula is C16H26O2Si. The van der Waals surface area contributed by atoms with Gasteiger partial charge in [-0.3, -0.25) is 0 Å². The van der Waals surface area contributed by atoms with Crippen LogP contribution < -0.4 is 4.43 Å². The van der Waals surface area contributed by atoms with Crippen molar-refractivity contribution in [2.24, 2.45) is 5.92 Å². The summed E-state index contributed by atoms with van der Waals surface area (Å²) < 4.78 is 6.25. The van der Waals surface area contributed by atoms with Crippen molar-refractivity contribution in [2.75, 3.05) is 0 Å². The van der Waals surface area contributed by atoms with E-state index in [1.807, 2.05) is 12.1 Å². The molecule has 1 aromatic carbocycles. The third kappa shape index (κ3) is 3.21. The summed E-state index contributed by atoms with van der Waals surface area (Å²) >= 11 is 0. The third-order valence-electron chi connectivity index (χ3n) is 4.59. The lowest BCUT2D eigenvalue weighted by Crippen LogP contribution is -2.47. The maximum atomic E-state index is 9.86. The molecule has 0 saturated heterocycles. The van der Waals surface area contributed by atoms with Crippen molar-refractivity contribution in [2.45, 2.75) is 45.8 Å². The minimum Gasteiger partial charge on any atom is -0.543 e. The Balaban J connectivity index is 3.01. The van der Waals surface area contributed by atoms with Crippen LogP contribution in [0.2, 0.25) is 18.1 Å². The van der Waals surface area contributed by atoms with E-state index in [4.69, 9.17) is 4.43 Å². The van der Waals surface area contributed by atoms with Gasteiger partial charge in [0.05, 0.1) is 0 Å². The molecule has 0 spiro atoms. The van der Waals surface area contributed by atoms with Gasteiger partial charge in [0.1, 0.15) is 11.5 Å². The van der Waals surface area contributed by atoms with E-state index in [-0.39, 0.29) is 10.8 Å². The average molecular weight is 278 g/mol. The van der Waals surface area contributed by atoms with Crippen molar-refractivity contribution in [3.8, 4) is 11.5 Å². The first-order valence-electron chi connectivity index (χ1n) is 6.76. The minimum absolute atomic E-state index is 0.153. The molecule has 2 nitrogen and oxygen atoms in total. The summed E-state index contributed by atoms with van der Waals surface area (Å²) in [5, 5.41) is 10.0. The highest BCUT2D eigenvalue weighted by atomic mass is 28.4. The molecule has 106 valence electrons. The summed E-state index contributed by atoms with van der Waals surface area (Å²) in [6.45, 7) is 17.1. The van der Waals surface area contributed by atoms with Gasteiger partial charge in [0, 0.05) is 11.6 Å². The van der Waals surface area contributed by atoms with Gasteiger partial charge in [-0.15, -0.1) is 0 Å². The fourth-order valence-electron chi connectivity index (χ4n) is 1.88. The zero-order valence-electron chi connectivity index (χ0n) is 12.9. The zero-order chi connectivity index (χ0) is 14.8. The molecule has 0 aliphatic heterocycles. The summed E-state index contributed by atoms with van der Waals surface area (Å²) in [6.07, 6.45) is 1.64. The fourth-order valence-corrected chi connectivity index (χ4v) is 4.25. The van der Waals surface area contributed by atoms with Crippen molar-refractivity contribution >= 4 is 14.4 Å². The van der Waals surface area contributed by atoms with E-state index in [9.17, 15) is 5.11 Å². The highest BCUT2D eigenvalue weighted by Gasteiger charge is 2.44. The third-order valence-corrected chi connectivity index (χ3v) is 9.02. The molecule has 0 heterocycles. The molecule has 0 saturated carbocycles. The lowest BCUT2D eigenvalue weighted by molar-refractivity contribution is 0.392. The second-order valence-corrected chi connectivity index (χ2v) is 10.9. The Morgan fingerprint density at radius 3 is 2.32 bits per heavy atom. The summed E-state index contributed by atoms with van der Waals surface area (Å²) in [7, 11) is -1.92. The molecule has 1 rings (SSSR count). The number of hydrogen-bond acceptors (Lipinski definition) is 2. The van der Waals surface area contributed by atoms with Gasteiger partial charge < -0.3 is 9.53 Å². The first-order valence-corrected chi connectivity index (χ1v) is 9.67. The molecule has 19 heavy (non-hydrogen) atoms. The first-order chi connectivity index (χ1) is 8.61. The van der Waals surface area contributed by atoms with E-state index in [1.54, 1.807) is 12.1 Å². The van der Waals surface area contributed by atoms with E-state index in [0.29, 0.717) is 5.92 Å². The smallest absolute Gasteiger partial charge is 0.251 e. The highest BCUT2D eigenvalue weighted by Crippen LogP contribution is 2.45. The van der Waals surface area contributed by atoms with Crippen LogP contribution in [0, 0.1) is 5.92 Å². The van der Waals surface area contributed by atoms with E-state index < -0.39 is 8.32 Å². The van der Waals surface area contributed by atoms with Gasteiger partial charge in [-0.25, -0.2) is 0 Å². The van der Waals surface area contributed by atoms with Gasteiger partial charge in [0.2, 0.25) is 0 Å². The zero-order valence-corrected chi connectivity index (χ0v) is 13.9. The Bertz CT molecular complexity index is 462. The van der Waals surface area contributed by atoms with Gasteiger partial charge in [-0.1, -0.05) is 40.3 Å². The lowest BCUT2D eigenvalue weighted by Gasteiger charge is -2.42. The SMILES string of the molecule is C=Cc1ccc(O[Si](C)(C)C(C)(C)C(C)C)cc1O. The Hall–Kier alpha value is -1.22. The number of phenolic OH excluding ortho intramolecular Hbond substituents is 1. The number of phenols is 1. The second-order valence-electron chi connectivity index (χ2n) is 6.41. The summed E-state index contributed by atoms with van der Waals surface area (Å²) in [6, 6.07) is 5.43. The molecule has 0 aliphatic carbocycles. The van der Waals surface area contributed by atoms with Gasteiger partial charge in [-0.05, 0) is 36.2 Å². The molecule has 1 aromatic rings. The maximum Gasteiger partial charge on any atom is 0.251 e. The largest absolute Gasteiger partial charge is 0.543 e. The lowest BCUT2D eigenvalue weighted by atomic mass is 9.99. The molecule has 0 unspecified atom stereocenters. The van der Waals surface area contributed by atoms with Crippen molar-refractivity contribution in [1.82, 2.24) is 0 Å². The Labute approximate surface area is 118 Å². The Morgan fingerprint density at radius 1 is 1.32 bits per heavy atom. The number of hydrogen-bond donors (Lipinski definition) is 1. The normalized spacial score (nSPS) is 12.6. The topological polar surface area (TPSA) is 29.5 Å². The molecule has 1 N–H and O–H groups in total. The predicted molar refractivity (Wildman–Crippen MR) is 85.2 cm³/mol. The molecule has 3 heteroatoms. The van der Waals surface area contributed by atoms with Gasteiger partial charge in [0.25, 0.3) is 8.32 Å². The van der Waals surface area contributed by atoms with Crippen molar-refractivity contribution in [1.29, 1.82) is 0 Å². The molecule has 0 radical (unpaired) electrons. The number of aromatic hydroxyl groups is 1. The van der Waals surface area contributed by atoms with Crippen LogP contribution in [0.1, 0.15) is 33.3 Å². The van der Waals surface area contributed by atoms with Crippen LogP contribution in [0.5, 0.6) is 11.5 Å². The van der Waals surface area contributed by atoms with Crippen molar-refractivity contribution in [3.05, 3.63) is 30.3 Å². The van der Waals surface area contributed by atoms with Gasteiger partial charge in [0.15, 0.2) is 0 Å². The molecule has 0 atom stereocenters. The maximum absolute atomic E-state index is 9.86. The van der Waals surface area contributed by atoms with Gasteiger partial charge in [-0.2, -0.15) is 0 Å². The van der Waals surface area contributed by atoms with Crippen LogP contribution in [0.25, 0.3) is 6.08 Å². The summed E-state index contributed by atoms with van der Waals surface area (Å²) in [4.78, 5) is 0. The van der Waals surface area contributed by atoms with Crippen LogP contribution >= 0.6 is 0 Å². The Morgan fingerprint density at radius 2 is 1.89 bits per heavy atom. The fraction of sp³-hybridized carbons (Fsp3) is 0.500. The monoisotopic (exact) mass is 278 g/mol. The molecule has 0 aromatic heterocycles. The van der Waals surface area contributed by atoms with Crippen LogP contribution in [-0.4, -0.2) is 13.4 Å². The minimum atomic E-state index is -1.92. The standard InChI is InChI=1S/C16H26O2Si/c1-8-13-9-10-14(11-15(13)17)18-19(6,7)16(4,5)12(2)3/h8-12,17H,1H2,2-7H3. The number of rotatable bonds is 5. The van der Waals surface area contributed by atoms with Crippen LogP contribution in [-0.2, 0) is 0 Å².